The fraction of sp³-hybridized carbons (Fsp3) is 0.714. The summed E-state index contributed by atoms with van der Waals surface area (Å²) in [6.07, 6.45) is 5.68. The van der Waals surface area contributed by atoms with Crippen LogP contribution in [0.25, 0.3) is 0 Å². The van der Waals surface area contributed by atoms with E-state index in [0.717, 1.165) is 25.9 Å². The fourth-order valence-corrected chi connectivity index (χ4v) is 2.67. The molecule has 5 heteroatoms. The van der Waals surface area contributed by atoms with E-state index < -0.39 is 0 Å². The quantitative estimate of drug-likeness (QED) is 0.896. The predicted octanol–water partition coefficient (Wildman–Crippen LogP) is 1.39. The number of rotatable bonds is 3. The summed E-state index contributed by atoms with van der Waals surface area (Å²) in [6, 6.07) is 0.321. The highest BCUT2D eigenvalue weighted by molar-refractivity contribution is 5.36. The van der Waals surface area contributed by atoms with Crippen LogP contribution in [0.2, 0.25) is 0 Å². The molecule has 0 bridgehead atoms. The molecule has 2 atom stereocenters. The summed E-state index contributed by atoms with van der Waals surface area (Å²) < 4.78 is 1.73. The number of nitrogens with zero attached hydrogens (tertiary/aromatic N) is 3. The van der Waals surface area contributed by atoms with Gasteiger partial charge in [-0.25, -0.2) is 4.98 Å². The maximum atomic E-state index is 12.4. The number of aromatic nitrogens is 2. The molecule has 0 aromatic carbocycles. The zero-order chi connectivity index (χ0) is 14.0. The number of piperidine rings is 1. The van der Waals surface area contributed by atoms with Crippen molar-refractivity contribution < 1.29 is 0 Å². The third kappa shape index (κ3) is 2.97. The second-order valence-electron chi connectivity index (χ2n) is 5.76. The van der Waals surface area contributed by atoms with E-state index >= 15 is 0 Å². The van der Waals surface area contributed by atoms with E-state index in [9.17, 15) is 4.79 Å². The van der Waals surface area contributed by atoms with Crippen LogP contribution in [0.3, 0.4) is 0 Å². The van der Waals surface area contributed by atoms with Gasteiger partial charge in [0, 0.05) is 37.6 Å². The first kappa shape index (κ1) is 14.1. The Morgan fingerprint density at radius 3 is 2.79 bits per heavy atom. The van der Waals surface area contributed by atoms with Crippen molar-refractivity contribution in [2.24, 2.45) is 11.7 Å². The van der Waals surface area contributed by atoms with Gasteiger partial charge >= 0.3 is 0 Å². The zero-order valence-corrected chi connectivity index (χ0v) is 12.0. The molecule has 106 valence electrons. The summed E-state index contributed by atoms with van der Waals surface area (Å²) in [4.78, 5) is 18.8. The van der Waals surface area contributed by atoms with Crippen molar-refractivity contribution in [3.8, 4) is 0 Å². The van der Waals surface area contributed by atoms with Crippen molar-refractivity contribution in [3.05, 3.63) is 22.7 Å². The molecule has 1 aliphatic rings. The molecule has 5 nitrogen and oxygen atoms in total. The highest BCUT2D eigenvalue weighted by Gasteiger charge is 2.25. The standard InChI is InChI=1S/C14H24N4O/c1-10(2)18-8-6-16-13(14(18)19)17-7-4-5-12(9-17)11(3)15/h6,8,10-12H,4-5,7,9,15H2,1-3H3. The molecule has 2 N–H and O–H groups in total. The van der Waals surface area contributed by atoms with Gasteiger partial charge in [0.25, 0.3) is 5.56 Å². The van der Waals surface area contributed by atoms with Crippen molar-refractivity contribution in [1.82, 2.24) is 9.55 Å². The first-order valence-electron chi connectivity index (χ1n) is 7.08. The molecule has 0 saturated carbocycles. The molecule has 1 saturated heterocycles. The minimum Gasteiger partial charge on any atom is -0.352 e. The maximum Gasteiger partial charge on any atom is 0.293 e. The Hall–Kier alpha value is -1.36. The topological polar surface area (TPSA) is 64.2 Å². The summed E-state index contributed by atoms with van der Waals surface area (Å²) in [7, 11) is 0. The normalized spacial score (nSPS) is 21.7. The lowest BCUT2D eigenvalue weighted by molar-refractivity contribution is 0.362. The highest BCUT2D eigenvalue weighted by Crippen LogP contribution is 2.21. The van der Waals surface area contributed by atoms with Gasteiger partial charge in [-0.2, -0.15) is 0 Å². The third-order valence-corrected chi connectivity index (χ3v) is 3.91. The predicted molar refractivity (Wildman–Crippen MR) is 77.5 cm³/mol. The van der Waals surface area contributed by atoms with Crippen molar-refractivity contribution in [1.29, 1.82) is 0 Å². The number of anilines is 1. The van der Waals surface area contributed by atoms with Crippen molar-refractivity contribution >= 4 is 5.82 Å². The lowest BCUT2D eigenvalue weighted by Gasteiger charge is -2.35. The Balaban J connectivity index is 2.27. The average Bonchev–Trinajstić information content (AvgIpc) is 2.38. The van der Waals surface area contributed by atoms with E-state index in [-0.39, 0.29) is 17.6 Å². The van der Waals surface area contributed by atoms with Gasteiger partial charge in [-0.3, -0.25) is 4.79 Å². The lowest BCUT2D eigenvalue weighted by Crippen LogP contribution is -2.45. The van der Waals surface area contributed by atoms with Crippen molar-refractivity contribution in [3.63, 3.8) is 0 Å². The van der Waals surface area contributed by atoms with Crippen molar-refractivity contribution in [2.45, 2.75) is 45.7 Å². The molecule has 1 aromatic rings. The Bertz CT molecular complexity index is 481. The van der Waals surface area contributed by atoms with Gasteiger partial charge in [-0.15, -0.1) is 0 Å². The monoisotopic (exact) mass is 264 g/mol. The van der Waals surface area contributed by atoms with Gasteiger partial charge in [0.05, 0.1) is 0 Å². The summed E-state index contributed by atoms with van der Waals surface area (Å²) in [6.45, 7) is 7.78. The number of hydrogen-bond acceptors (Lipinski definition) is 4. The molecule has 0 radical (unpaired) electrons. The summed E-state index contributed by atoms with van der Waals surface area (Å²) in [5, 5.41) is 0. The first-order valence-corrected chi connectivity index (χ1v) is 7.08. The van der Waals surface area contributed by atoms with Crippen LogP contribution in [-0.4, -0.2) is 28.7 Å². The molecule has 19 heavy (non-hydrogen) atoms. The van der Waals surface area contributed by atoms with Crippen LogP contribution in [-0.2, 0) is 0 Å². The molecule has 1 aliphatic heterocycles. The van der Waals surface area contributed by atoms with Gasteiger partial charge in [-0.05, 0) is 39.5 Å². The third-order valence-electron chi connectivity index (χ3n) is 3.91. The average molecular weight is 264 g/mol. The van der Waals surface area contributed by atoms with Crippen LogP contribution in [0.15, 0.2) is 17.2 Å². The van der Waals surface area contributed by atoms with E-state index in [1.807, 2.05) is 20.8 Å². The summed E-state index contributed by atoms with van der Waals surface area (Å²) >= 11 is 0. The second-order valence-corrected chi connectivity index (χ2v) is 5.76. The SMILES string of the molecule is CC(N)C1CCCN(c2nccn(C(C)C)c2=O)C1. The van der Waals surface area contributed by atoms with Crippen LogP contribution >= 0.6 is 0 Å². The first-order chi connectivity index (χ1) is 9.00. The van der Waals surface area contributed by atoms with Crippen molar-refractivity contribution in [2.75, 3.05) is 18.0 Å². The second kappa shape index (κ2) is 5.74. The molecule has 0 spiro atoms. The Kier molecular flexibility index (Phi) is 4.24. The highest BCUT2D eigenvalue weighted by atomic mass is 16.1. The minimum atomic E-state index is 0.00262. The smallest absolute Gasteiger partial charge is 0.293 e. The summed E-state index contributed by atoms with van der Waals surface area (Å²) in [5.41, 5.74) is 6.00. The van der Waals surface area contributed by atoms with Crippen LogP contribution in [0, 0.1) is 5.92 Å². The molecular weight excluding hydrogens is 240 g/mol. The molecule has 2 unspecified atom stereocenters. The van der Waals surface area contributed by atoms with Gasteiger partial charge in [0.2, 0.25) is 0 Å². The Morgan fingerprint density at radius 1 is 1.42 bits per heavy atom. The van der Waals surface area contributed by atoms with E-state index in [4.69, 9.17) is 5.73 Å². The largest absolute Gasteiger partial charge is 0.352 e. The molecule has 1 fully saturated rings. The van der Waals surface area contributed by atoms with Gasteiger partial charge in [0.1, 0.15) is 0 Å². The van der Waals surface area contributed by atoms with Crippen LogP contribution < -0.4 is 16.2 Å². The van der Waals surface area contributed by atoms with Gasteiger partial charge in [0.15, 0.2) is 5.82 Å². The molecule has 0 amide bonds. The minimum absolute atomic E-state index is 0.00262. The van der Waals surface area contributed by atoms with Gasteiger partial charge in [-0.1, -0.05) is 0 Å². The van der Waals surface area contributed by atoms with Crippen LogP contribution in [0.1, 0.15) is 39.7 Å². The lowest BCUT2D eigenvalue weighted by atomic mass is 9.92. The van der Waals surface area contributed by atoms with E-state index in [1.54, 1.807) is 17.0 Å². The van der Waals surface area contributed by atoms with Crippen LogP contribution in [0.5, 0.6) is 0 Å². The maximum absolute atomic E-state index is 12.4. The molecule has 1 aromatic heterocycles. The van der Waals surface area contributed by atoms with Crippen LogP contribution in [0.4, 0.5) is 5.82 Å². The Labute approximate surface area is 114 Å². The number of hydrogen-bond donors (Lipinski definition) is 1. The zero-order valence-electron chi connectivity index (χ0n) is 12.0. The molecule has 2 rings (SSSR count). The van der Waals surface area contributed by atoms with Gasteiger partial charge < -0.3 is 15.2 Å². The van der Waals surface area contributed by atoms with E-state index in [2.05, 4.69) is 9.88 Å². The Morgan fingerprint density at radius 2 is 2.16 bits per heavy atom. The van der Waals surface area contributed by atoms with E-state index in [0.29, 0.717) is 11.7 Å². The fourth-order valence-electron chi connectivity index (χ4n) is 2.67. The summed E-state index contributed by atoms with van der Waals surface area (Å²) in [5.74, 6) is 1.02. The number of nitrogens with two attached hydrogens (primary N) is 1. The molecule has 2 heterocycles. The van der Waals surface area contributed by atoms with E-state index in [1.165, 1.54) is 0 Å². The molecule has 0 aliphatic carbocycles. The molecular formula is C14H24N4O.